The minimum absolute atomic E-state index is 0.0348. The van der Waals surface area contributed by atoms with E-state index in [2.05, 4.69) is 0 Å². The number of benzene rings is 3. The lowest BCUT2D eigenvalue weighted by Crippen LogP contribution is -2.36. The first kappa shape index (κ1) is 23.0. The number of hydrogen-bond donors (Lipinski definition) is 0. The van der Waals surface area contributed by atoms with Crippen molar-refractivity contribution in [2.24, 2.45) is 0 Å². The van der Waals surface area contributed by atoms with E-state index in [1.54, 1.807) is 12.1 Å². The molecule has 5 rings (SSSR count). The SMILES string of the molecule is Cc1ccc2c(COC(=O)c3cccc(S(=O)(=O)N4CCc5ccccc5C4)c3)cc(=O)oc2c1. The Morgan fingerprint density at radius 2 is 1.80 bits per heavy atom. The Morgan fingerprint density at radius 3 is 2.63 bits per heavy atom. The van der Waals surface area contributed by atoms with Gasteiger partial charge in [-0.05, 0) is 54.3 Å². The van der Waals surface area contributed by atoms with Gasteiger partial charge in [0.15, 0.2) is 0 Å². The molecule has 3 aromatic carbocycles. The Kier molecular flexibility index (Phi) is 6.00. The minimum Gasteiger partial charge on any atom is -0.457 e. The van der Waals surface area contributed by atoms with E-state index in [0.717, 1.165) is 16.7 Å². The number of aryl methyl sites for hydroxylation is 1. The summed E-state index contributed by atoms with van der Waals surface area (Å²) in [6, 6.07) is 20.3. The Bertz CT molecular complexity index is 1610. The molecule has 0 amide bonds. The highest BCUT2D eigenvalue weighted by atomic mass is 32.2. The van der Waals surface area contributed by atoms with Crippen molar-refractivity contribution in [3.05, 3.63) is 111 Å². The number of esters is 1. The summed E-state index contributed by atoms with van der Waals surface area (Å²) in [5, 5.41) is 0.671. The molecule has 0 saturated carbocycles. The van der Waals surface area contributed by atoms with Gasteiger partial charge in [0.05, 0.1) is 10.5 Å². The summed E-state index contributed by atoms with van der Waals surface area (Å²) in [6.45, 7) is 2.40. The molecular weight excluding hydrogens is 466 g/mol. The lowest BCUT2D eigenvalue weighted by Gasteiger charge is -2.28. The van der Waals surface area contributed by atoms with Gasteiger partial charge in [-0.2, -0.15) is 4.31 Å². The molecule has 0 saturated heterocycles. The number of fused-ring (bicyclic) bond motifs is 2. The molecule has 0 radical (unpaired) electrons. The van der Waals surface area contributed by atoms with Crippen molar-refractivity contribution < 1.29 is 22.4 Å². The highest BCUT2D eigenvalue weighted by Gasteiger charge is 2.28. The van der Waals surface area contributed by atoms with Crippen LogP contribution < -0.4 is 5.63 Å². The van der Waals surface area contributed by atoms with E-state index in [9.17, 15) is 18.0 Å². The zero-order valence-corrected chi connectivity index (χ0v) is 19.9. The van der Waals surface area contributed by atoms with Crippen molar-refractivity contribution in [1.29, 1.82) is 0 Å². The Morgan fingerprint density at radius 1 is 1.00 bits per heavy atom. The molecule has 8 heteroatoms. The smallest absolute Gasteiger partial charge is 0.338 e. The van der Waals surface area contributed by atoms with Crippen LogP contribution >= 0.6 is 0 Å². The normalized spacial score (nSPS) is 14.0. The van der Waals surface area contributed by atoms with E-state index in [0.29, 0.717) is 29.5 Å². The molecule has 178 valence electrons. The molecule has 0 bridgehead atoms. The Hall–Kier alpha value is -3.75. The first-order valence-electron chi connectivity index (χ1n) is 11.2. The molecule has 35 heavy (non-hydrogen) atoms. The molecule has 4 aromatic rings. The third-order valence-corrected chi connectivity index (χ3v) is 7.99. The predicted octanol–water partition coefficient (Wildman–Crippen LogP) is 4.21. The third-order valence-electron chi connectivity index (χ3n) is 6.15. The predicted molar refractivity (Wildman–Crippen MR) is 131 cm³/mol. The van der Waals surface area contributed by atoms with Gasteiger partial charge in [-0.1, -0.05) is 42.5 Å². The Labute approximate surface area is 202 Å². The quantitative estimate of drug-likeness (QED) is 0.308. The summed E-state index contributed by atoms with van der Waals surface area (Å²) in [7, 11) is -3.79. The zero-order chi connectivity index (χ0) is 24.6. The van der Waals surface area contributed by atoms with Crippen LogP contribution in [-0.4, -0.2) is 25.2 Å². The van der Waals surface area contributed by atoms with Crippen LogP contribution in [0.3, 0.4) is 0 Å². The fourth-order valence-electron chi connectivity index (χ4n) is 4.29. The van der Waals surface area contributed by atoms with E-state index in [4.69, 9.17) is 9.15 Å². The number of ether oxygens (including phenoxy) is 1. The average Bonchev–Trinajstić information content (AvgIpc) is 2.86. The zero-order valence-electron chi connectivity index (χ0n) is 19.1. The van der Waals surface area contributed by atoms with Crippen molar-refractivity contribution in [2.45, 2.75) is 31.4 Å². The molecule has 1 aliphatic heterocycles. The van der Waals surface area contributed by atoms with E-state index in [1.165, 1.54) is 34.6 Å². The van der Waals surface area contributed by atoms with Gasteiger partial charge in [0.2, 0.25) is 10.0 Å². The largest absolute Gasteiger partial charge is 0.457 e. The second-order valence-electron chi connectivity index (χ2n) is 8.55. The molecule has 0 N–H and O–H groups in total. The minimum atomic E-state index is -3.79. The van der Waals surface area contributed by atoms with Crippen LogP contribution in [0.4, 0.5) is 0 Å². The molecule has 0 atom stereocenters. The lowest BCUT2D eigenvalue weighted by atomic mass is 10.0. The number of sulfonamides is 1. The summed E-state index contributed by atoms with van der Waals surface area (Å²) < 4.78 is 38.7. The van der Waals surface area contributed by atoms with Crippen LogP contribution in [0.1, 0.15) is 32.6 Å². The molecule has 0 spiro atoms. The molecule has 1 aliphatic rings. The Balaban J connectivity index is 1.35. The average molecular weight is 490 g/mol. The van der Waals surface area contributed by atoms with Crippen molar-refractivity contribution in [3.63, 3.8) is 0 Å². The third kappa shape index (κ3) is 4.62. The van der Waals surface area contributed by atoms with Crippen molar-refractivity contribution in [2.75, 3.05) is 6.54 Å². The fraction of sp³-hybridized carbons (Fsp3) is 0.185. The van der Waals surface area contributed by atoms with Gasteiger partial charge in [-0.15, -0.1) is 0 Å². The van der Waals surface area contributed by atoms with Crippen LogP contribution in [0.5, 0.6) is 0 Å². The van der Waals surface area contributed by atoms with E-state index in [-0.39, 0.29) is 23.6 Å². The molecule has 1 aromatic heterocycles. The van der Waals surface area contributed by atoms with Gasteiger partial charge >= 0.3 is 11.6 Å². The number of hydrogen-bond acceptors (Lipinski definition) is 6. The highest BCUT2D eigenvalue weighted by Crippen LogP contribution is 2.26. The first-order valence-corrected chi connectivity index (χ1v) is 12.6. The first-order chi connectivity index (χ1) is 16.8. The maximum absolute atomic E-state index is 13.3. The molecule has 0 aliphatic carbocycles. The summed E-state index contributed by atoms with van der Waals surface area (Å²) in [5.74, 6) is -0.681. The summed E-state index contributed by atoms with van der Waals surface area (Å²) >= 11 is 0. The topological polar surface area (TPSA) is 93.9 Å². The molecular formula is C27H23NO6S. The van der Waals surface area contributed by atoms with Crippen LogP contribution in [-0.2, 0) is 34.3 Å². The highest BCUT2D eigenvalue weighted by molar-refractivity contribution is 7.89. The fourth-order valence-corrected chi connectivity index (χ4v) is 5.76. The van der Waals surface area contributed by atoms with Gasteiger partial charge in [0, 0.05) is 30.1 Å². The van der Waals surface area contributed by atoms with Gasteiger partial charge in [-0.3, -0.25) is 0 Å². The van der Waals surface area contributed by atoms with Gasteiger partial charge < -0.3 is 9.15 Å². The maximum Gasteiger partial charge on any atom is 0.338 e. The van der Waals surface area contributed by atoms with Gasteiger partial charge in [-0.25, -0.2) is 18.0 Å². The second-order valence-corrected chi connectivity index (χ2v) is 10.5. The monoisotopic (exact) mass is 489 g/mol. The summed E-state index contributed by atoms with van der Waals surface area (Å²) in [4.78, 5) is 24.7. The molecule has 7 nitrogen and oxygen atoms in total. The van der Waals surface area contributed by atoms with Gasteiger partial charge in [0.25, 0.3) is 0 Å². The summed E-state index contributed by atoms with van der Waals surface area (Å²) in [6.07, 6.45) is 0.635. The van der Waals surface area contributed by atoms with Crippen molar-refractivity contribution in [1.82, 2.24) is 4.31 Å². The number of carbonyl (C=O) groups is 1. The maximum atomic E-state index is 13.3. The van der Waals surface area contributed by atoms with E-state index in [1.807, 2.05) is 37.3 Å². The molecule has 0 fully saturated rings. The number of nitrogens with zero attached hydrogens (tertiary/aromatic N) is 1. The van der Waals surface area contributed by atoms with Crippen molar-refractivity contribution in [3.8, 4) is 0 Å². The van der Waals surface area contributed by atoms with Crippen LogP contribution in [0.15, 0.2) is 86.9 Å². The van der Waals surface area contributed by atoms with Crippen LogP contribution in [0.2, 0.25) is 0 Å². The van der Waals surface area contributed by atoms with Crippen molar-refractivity contribution >= 4 is 27.0 Å². The lowest BCUT2D eigenvalue weighted by molar-refractivity contribution is 0.0473. The molecule has 2 heterocycles. The van der Waals surface area contributed by atoms with E-state index < -0.39 is 21.6 Å². The standard InChI is InChI=1S/C27H23NO6S/c1-18-9-10-24-22(15-26(29)34-25(24)13-18)17-33-27(30)20-7-4-8-23(14-20)35(31,32)28-12-11-19-5-2-3-6-21(19)16-28/h2-10,13-15H,11-12,16-17H2,1H3. The second kappa shape index (κ2) is 9.13. The number of carbonyl (C=O) groups excluding carboxylic acids is 1. The summed E-state index contributed by atoms with van der Waals surface area (Å²) in [5.41, 5.74) is 3.57. The van der Waals surface area contributed by atoms with E-state index >= 15 is 0 Å². The number of rotatable bonds is 5. The van der Waals surface area contributed by atoms with Gasteiger partial charge in [0.1, 0.15) is 12.2 Å². The van der Waals surface area contributed by atoms with Crippen LogP contribution in [0.25, 0.3) is 11.0 Å². The van der Waals surface area contributed by atoms with Crippen LogP contribution in [0, 0.1) is 6.92 Å². The molecule has 0 unspecified atom stereocenters.